The van der Waals surface area contributed by atoms with Gasteiger partial charge in [0.15, 0.2) is 0 Å². The lowest BCUT2D eigenvalue weighted by atomic mass is 10.3. The van der Waals surface area contributed by atoms with Crippen molar-refractivity contribution >= 4 is 11.3 Å². The summed E-state index contributed by atoms with van der Waals surface area (Å²) in [5.74, 6) is 0. The van der Waals surface area contributed by atoms with Gasteiger partial charge in [0.05, 0.1) is 11.3 Å². The fourth-order valence-electron chi connectivity index (χ4n) is 1.14. The highest BCUT2D eigenvalue weighted by Gasteiger charge is 2.07. The Morgan fingerprint density at radius 3 is 2.79 bits per heavy atom. The maximum atomic E-state index is 11.4. The molecule has 0 amide bonds. The Morgan fingerprint density at radius 2 is 2.14 bits per heavy atom. The highest BCUT2D eigenvalue weighted by atomic mass is 32.1. The van der Waals surface area contributed by atoms with Gasteiger partial charge < -0.3 is 0 Å². The van der Waals surface area contributed by atoms with Crippen LogP contribution in [0.2, 0.25) is 0 Å². The fourth-order valence-corrected chi connectivity index (χ4v) is 1.95. The van der Waals surface area contributed by atoms with E-state index in [2.05, 4.69) is 15.2 Å². The summed E-state index contributed by atoms with van der Waals surface area (Å²) in [7, 11) is 0. The van der Waals surface area contributed by atoms with Crippen LogP contribution in [-0.4, -0.2) is 15.2 Å². The van der Waals surface area contributed by atoms with Crippen LogP contribution in [0.3, 0.4) is 0 Å². The lowest BCUT2D eigenvalue weighted by Gasteiger charge is -1.95. The van der Waals surface area contributed by atoms with Crippen LogP contribution in [0.4, 0.5) is 0 Å². The van der Waals surface area contributed by atoms with Crippen LogP contribution in [-0.2, 0) is 0 Å². The molecule has 2 aromatic rings. The van der Waals surface area contributed by atoms with Crippen LogP contribution in [0.25, 0.3) is 10.6 Å². The number of aromatic nitrogens is 3. The fraction of sp³-hybridized carbons (Fsp3) is 0.222. The smallest absolute Gasteiger partial charge is 0.267 e. The van der Waals surface area contributed by atoms with Gasteiger partial charge in [0.25, 0.3) is 5.56 Å². The molecule has 0 saturated carbocycles. The third-order valence-electron chi connectivity index (χ3n) is 1.78. The number of hydrogen-bond donors (Lipinski definition) is 1. The Kier molecular flexibility index (Phi) is 2.17. The van der Waals surface area contributed by atoms with Crippen molar-refractivity contribution in [3.8, 4) is 10.6 Å². The Morgan fingerprint density at radius 1 is 1.36 bits per heavy atom. The topological polar surface area (TPSA) is 58.6 Å². The van der Waals surface area contributed by atoms with E-state index >= 15 is 0 Å². The zero-order valence-corrected chi connectivity index (χ0v) is 8.68. The molecule has 0 unspecified atom stereocenters. The molecule has 14 heavy (non-hydrogen) atoms. The van der Waals surface area contributed by atoms with Gasteiger partial charge in [0.2, 0.25) is 0 Å². The maximum absolute atomic E-state index is 11.4. The highest BCUT2D eigenvalue weighted by Crippen LogP contribution is 2.19. The third-order valence-corrected chi connectivity index (χ3v) is 2.77. The number of aromatic amines is 1. The highest BCUT2D eigenvalue weighted by molar-refractivity contribution is 7.13. The summed E-state index contributed by atoms with van der Waals surface area (Å²) in [5, 5.41) is 8.91. The molecule has 0 atom stereocenters. The van der Waals surface area contributed by atoms with Crippen LogP contribution < -0.4 is 5.56 Å². The average Bonchev–Trinajstić information content (AvgIpc) is 2.56. The predicted molar refractivity (Wildman–Crippen MR) is 55.4 cm³/mol. The molecule has 72 valence electrons. The van der Waals surface area contributed by atoms with E-state index in [1.165, 1.54) is 11.3 Å². The molecule has 0 aliphatic carbocycles. The molecule has 1 N–H and O–H groups in total. The normalized spacial score (nSPS) is 10.4. The van der Waals surface area contributed by atoms with Crippen molar-refractivity contribution < 1.29 is 0 Å². The van der Waals surface area contributed by atoms with Crippen molar-refractivity contribution in [2.75, 3.05) is 0 Å². The van der Waals surface area contributed by atoms with E-state index in [1.807, 2.05) is 19.2 Å². The van der Waals surface area contributed by atoms with Gasteiger partial charge in [-0.05, 0) is 19.9 Å². The van der Waals surface area contributed by atoms with Crippen LogP contribution in [0.5, 0.6) is 0 Å². The van der Waals surface area contributed by atoms with Gasteiger partial charge in [0.1, 0.15) is 5.01 Å². The molecule has 4 nitrogen and oxygen atoms in total. The summed E-state index contributed by atoms with van der Waals surface area (Å²) >= 11 is 1.47. The van der Waals surface area contributed by atoms with Crippen molar-refractivity contribution in [1.82, 2.24) is 15.2 Å². The Hall–Kier alpha value is -1.49. The van der Waals surface area contributed by atoms with Crippen LogP contribution >= 0.6 is 11.3 Å². The van der Waals surface area contributed by atoms with E-state index < -0.39 is 0 Å². The Bertz CT molecular complexity index is 515. The number of nitrogens with zero attached hydrogens (tertiary/aromatic N) is 2. The van der Waals surface area contributed by atoms with E-state index in [9.17, 15) is 4.79 Å². The van der Waals surface area contributed by atoms with E-state index in [0.717, 1.165) is 16.4 Å². The lowest BCUT2D eigenvalue weighted by molar-refractivity contribution is 0.948. The van der Waals surface area contributed by atoms with Crippen LogP contribution in [0, 0.1) is 13.8 Å². The quantitative estimate of drug-likeness (QED) is 0.771. The summed E-state index contributed by atoms with van der Waals surface area (Å²) in [6.07, 6.45) is 0. The minimum atomic E-state index is -0.190. The molecule has 2 aromatic heterocycles. The number of rotatable bonds is 1. The van der Waals surface area contributed by atoms with Crippen molar-refractivity contribution in [1.29, 1.82) is 0 Å². The molecule has 0 aliphatic rings. The molecule has 0 radical (unpaired) electrons. The average molecular weight is 207 g/mol. The second kappa shape index (κ2) is 3.34. The number of H-pyrrole nitrogens is 1. The predicted octanol–water partition coefficient (Wildman–Crippen LogP) is 1.51. The minimum Gasteiger partial charge on any atom is -0.267 e. The SMILES string of the molecule is Cc1cc(-c2nc(C)cs2)c(=O)[nH]n1. The van der Waals surface area contributed by atoms with Gasteiger partial charge in [-0.15, -0.1) is 11.3 Å². The molecular formula is C9H9N3OS. The van der Waals surface area contributed by atoms with Crippen molar-refractivity contribution in [2.45, 2.75) is 13.8 Å². The van der Waals surface area contributed by atoms with Crippen molar-refractivity contribution in [3.63, 3.8) is 0 Å². The first-order chi connectivity index (χ1) is 6.66. The number of aryl methyl sites for hydroxylation is 2. The Labute approximate surface area is 84.6 Å². The van der Waals surface area contributed by atoms with E-state index in [0.29, 0.717) is 5.56 Å². The minimum absolute atomic E-state index is 0.190. The Balaban J connectivity index is 2.61. The summed E-state index contributed by atoms with van der Waals surface area (Å²) < 4.78 is 0. The van der Waals surface area contributed by atoms with E-state index in [-0.39, 0.29) is 5.56 Å². The van der Waals surface area contributed by atoms with Crippen LogP contribution in [0.15, 0.2) is 16.2 Å². The number of thiazole rings is 1. The number of nitrogens with one attached hydrogen (secondary N) is 1. The standard InChI is InChI=1S/C9H9N3OS/c1-5-3-7(8(13)12-11-5)9-10-6(2)4-14-9/h3-4H,1-2H3,(H,12,13). The first-order valence-corrected chi connectivity index (χ1v) is 5.03. The van der Waals surface area contributed by atoms with Gasteiger partial charge in [-0.25, -0.2) is 10.1 Å². The summed E-state index contributed by atoms with van der Waals surface area (Å²) in [5.41, 5.74) is 2.12. The zero-order chi connectivity index (χ0) is 10.1. The number of hydrogen-bond acceptors (Lipinski definition) is 4. The van der Waals surface area contributed by atoms with E-state index in [4.69, 9.17) is 0 Å². The molecule has 0 aliphatic heterocycles. The van der Waals surface area contributed by atoms with Crippen molar-refractivity contribution in [2.24, 2.45) is 0 Å². The molecule has 2 heterocycles. The monoisotopic (exact) mass is 207 g/mol. The van der Waals surface area contributed by atoms with Gasteiger partial charge >= 0.3 is 0 Å². The lowest BCUT2D eigenvalue weighted by Crippen LogP contribution is -2.11. The second-order valence-corrected chi connectivity index (χ2v) is 3.90. The zero-order valence-electron chi connectivity index (χ0n) is 7.87. The molecule has 0 bridgehead atoms. The molecule has 2 rings (SSSR count). The largest absolute Gasteiger partial charge is 0.274 e. The maximum Gasteiger partial charge on any atom is 0.274 e. The van der Waals surface area contributed by atoms with Gasteiger partial charge in [-0.1, -0.05) is 0 Å². The summed E-state index contributed by atoms with van der Waals surface area (Å²) in [6, 6.07) is 1.75. The molecule has 0 saturated heterocycles. The molecule has 0 spiro atoms. The molecular weight excluding hydrogens is 198 g/mol. The summed E-state index contributed by atoms with van der Waals surface area (Å²) in [4.78, 5) is 15.7. The molecule has 0 fully saturated rings. The third kappa shape index (κ3) is 1.58. The molecule has 5 heteroatoms. The first-order valence-electron chi connectivity index (χ1n) is 4.15. The molecule has 0 aromatic carbocycles. The van der Waals surface area contributed by atoms with Crippen LogP contribution in [0.1, 0.15) is 11.4 Å². The second-order valence-electron chi connectivity index (χ2n) is 3.05. The summed E-state index contributed by atoms with van der Waals surface area (Å²) in [6.45, 7) is 3.74. The van der Waals surface area contributed by atoms with Gasteiger partial charge in [-0.3, -0.25) is 4.79 Å². The first kappa shape index (κ1) is 9.08. The van der Waals surface area contributed by atoms with E-state index in [1.54, 1.807) is 6.07 Å². The van der Waals surface area contributed by atoms with Crippen molar-refractivity contribution in [3.05, 3.63) is 33.2 Å². The van der Waals surface area contributed by atoms with Gasteiger partial charge in [-0.2, -0.15) is 5.10 Å². The van der Waals surface area contributed by atoms with Gasteiger partial charge in [0, 0.05) is 11.1 Å².